The fourth-order valence-corrected chi connectivity index (χ4v) is 3.66. The molecule has 0 amide bonds. The smallest absolute Gasteiger partial charge is 0.346 e. The lowest BCUT2D eigenvalue weighted by molar-refractivity contribution is 0.0524. The number of benzene rings is 2. The molecular formula is C24H18F2N4O3. The average molecular weight is 448 g/mol. The van der Waals surface area contributed by atoms with Gasteiger partial charge in [-0.3, -0.25) is 4.79 Å². The molecule has 9 heteroatoms. The summed E-state index contributed by atoms with van der Waals surface area (Å²) in [6, 6.07) is 11.4. The molecule has 7 nitrogen and oxygen atoms in total. The Morgan fingerprint density at radius 3 is 2.52 bits per heavy atom. The van der Waals surface area contributed by atoms with Crippen molar-refractivity contribution in [3.63, 3.8) is 0 Å². The van der Waals surface area contributed by atoms with Gasteiger partial charge in [-0.15, -0.1) is 0 Å². The van der Waals surface area contributed by atoms with Crippen molar-refractivity contribution in [2.45, 2.75) is 20.3 Å². The highest BCUT2D eigenvalue weighted by Crippen LogP contribution is 2.32. The van der Waals surface area contributed by atoms with Gasteiger partial charge in [0.05, 0.1) is 35.2 Å². The van der Waals surface area contributed by atoms with E-state index in [-0.39, 0.29) is 34.6 Å². The first-order valence-electron chi connectivity index (χ1n) is 10.2. The number of fused-ring (bicyclic) bond motifs is 1. The fourth-order valence-electron chi connectivity index (χ4n) is 3.66. The van der Waals surface area contributed by atoms with Crippen LogP contribution in [-0.4, -0.2) is 27.2 Å². The zero-order valence-corrected chi connectivity index (χ0v) is 17.8. The van der Waals surface area contributed by atoms with Gasteiger partial charge >= 0.3 is 5.97 Å². The number of ether oxygens (including phenoxy) is 1. The molecule has 0 saturated heterocycles. The SMILES string of the molecule is CCOC(=O)c1c(-c2ccc(C#N)cc2)[nH]c2c(-c3ccc(F)cc3F)c(CC)nn2c1=O. The van der Waals surface area contributed by atoms with Crippen LogP contribution in [0.15, 0.2) is 47.3 Å². The molecule has 2 heterocycles. The van der Waals surface area contributed by atoms with Crippen molar-refractivity contribution >= 4 is 11.6 Å². The summed E-state index contributed by atoms with van der Waals surface area (Å²) in [6.45, 7) is 3.45. The van der Waals surface area contributed by atoms with Gasteiger partial charge in [0.15, 0.2) is 5.56 Å². The van der Waals surface area contributed by atoms with Gasteiger partial charge in [0.2, 0.25) is 0 Å². The molecule has 4 aromatic rings. The predicted octanol–water partition coefficient (Wildman–Crippen LogP) is 4.25. The number of nitrogens with one attached hydrogen (secondary N) is 1. The Balaban J connectivity index is 2.10. The summed E-state index contributed by atoms with van der Waals surface area (Å²) in [7, 11) is 0. The minimum atomic E-state index is -0.844. The van der Waals surface area contributed by atoms with Crippen LogP contribution in [0.3, 0.4) is 0 Å². The van der Waals surface area contributed by atoms with Gasteiger partial charge in [-0.25, -0.2) is 13.6 Å². The summed E-state index contributed by atoms with van der Waals surface area (Å²) in [5.74, 6) is -2.39. The molecule has 166 valence electrons. The van der Waals surface area contributed by atoms with Crippen molar-refractivity contribution < 1.29 is 18.3 Å². The number of carbonyl (C=O) groups is 1. The van der Waals surface area contributed by atoms with Crippen LogP contribution in [-0.2, 0) is 11.2 Å². The molecule has 0 aliphatic heterocycles. The van der Waals surface area contributed by atoms with Gasteiger partial charge in [-0.2, -0.15) is 14.9 Å². The molecule has 33 heavy (non-hydrogen) atoms. The van der Waals surface area contributed by atoms with E-state index in [2.05, 4.69) is 10.1 Å². The Labute approximate surface area is 186 Å². The van der Waals surface area contributed by atoms with Gasteiger partial charge in [-0.05, 0) is 43.2 Å². The average Bonchev–Trinajstić information content (AvgIpc) is 3.18. The Hall–Kier alpha value is -4.32. The van der Waals surface area contributed by atoms with E-state index in [1.807, 2.05) is 6.07 Å². The number of aromatic nitrogens is 3. The number of hydrogen-bond donors (Lipinski definition) is 1. The molecule has 0 aliphatic carbocycles. The van der Waals surface area contributed by atoms with Crippen molar-refractivity contribution in [1.82, 2.24) is 14.6 Å². The Bertz CT molecular complexity index is 1480. The highest BCUT2D eigenvalue weighted by molar-refractivity contribution is 5.97. The van der Waals surface area contributed by atoms with Crippen LogP contribution in [0.1, 0.15) is 35.5 Å². The van der Waals surface area contributed by atoms with Crippen molar-refractivity contribution in [2.75, 3.05) is 6.61 Å². The number of H-pyrrole nitrogens is 1. The summed E-state index contributed by atoms with van der Waals surface area (Å²) in [5.41, 5.74) is 0.853. The van der Waals surface area contributed by atoms with Gasteiger partial charge in [0.25, 0.3) is 5.56 Å². The molecule has 0 fully saturated rings. The lowest BCUT2D eigenvalue weighted by Crippen LogP contribution is -2.26. The van der Waals surface area contributed by atoms with Gasteiger partial charge in [-0.1, -0.05) is 19.1 Å². The molecule has 1 N–H and O–H groups in total. The molecule has 4 rings (SSSR count). The van der Waals surface area contributed by atoms with Crippen molar-refractivity contribution in [2.24, 2.45) is 0 Å². The number of aryl methyl sites for hydroxylation is 1. The number of esters is 1. The molecule has 0 saturated carbocycles. The third-order valence-electron chi connectivity index (χ3n) is 5.18. The van der Waals surface area contributed by atoms with Crippen LogP contribution in [0.4, 0.5) is 8.78 Å². The maximum atomic E-state index is 14.7. The third kappa shape index (κ3) is 3.76. The van der Waals surface area contributed by atoms with Crippen molar-refractivity contribution in [3.8, 4) is 28.5 Å². The van der Waals surface area contributed by atoms with Crippen LogP contribution in [0.5, 0.6) is 0 Å². The third-order valence-corrected chi connectivity index (χ3v) is 5.18. The quantitative estimate of drug-likeness (QED) is 0.460. The normalized spacial score (nSPS) is 10.9. The second-order valence-electron chi connectivity index (χ2n) is 7.15. The largest absolute Gasteiger partial charge is 0.462 e. The van der Waals surface area contributed by atoms with E-state index in [1.165, 1.54) is 6.07 Å². The van der Waals surface area contributed by atoms with Gasteiger partial charge < -0.3 is 9.72 Å². The van der Waals surface area contributed by atoms with Crippen molar-refractivity contribution in [3.05, 3.63) is 81.3 Å². The zero-order chi connectivity index (χ0) is 23.7. The summed E-state index contributed by atoms with van der Waals surface area (Å²) in [5, 5.41) is 13.4. The topological polar surface area (TPSA) is 100 Å². The molecule has 2 aromatic carbocycles. The van der Waals surface area contributed by atoms with Crippen LogP contribution in [0.25, 0.3) is 28.0 Å². The first kappa shape index (κ1) is 21.9. The predicted molar refractivity (Wildman–Crippen MR) is 117 cm³/mol. The monoisotopic (exact) mass is 448 g/mol. The molecule has 0 unspecified atom stereocenters. The Morgan fingerprint density at radius 2 is 1.91 bits per heavy atom. The number of aromatic amines is 1. The highest BCUT2D eigenvalue weighted by atomic mass is 19.1. The number of nitriles is 1. The summed E-state index contributed by atoms with van der Waals surface area (Å²) in [4.78, 5) is 29.1. The van der Waals surface area contributed by atoms with Crippen molar-refractivity contribution in [1.29, 1.82) is 5.26 Å². The van der Waals surface area contributed by atoms with E-state index in [9.17, 15) is 18.4 Å². The Morgan fingerprint density at radius 1 is 1.18 bits per heavy atom. The van der Waals surface area contributed by atoms with Gasteiger partial charge in [0, 0.05) is 11.6 Å². The summed E-state index contributed by atoms with van der Waals surface area (Å²) >= 11 is 0. The van der Waals surface area contributed by atoms with E-state index in [0.717, 1.165) is 16.6 Å². The van der Waals surface area contributed by atoms with E-state index in [1.54, 1.807) is 38.1 Å². The number of hydrogen-bond acceptors (Lipinski definition) is 5. The highest BCUT2D eigenvalue weighted by Gasteiger charge is 2.26. The van der Waals surface area contributed by atoms with E-state index < -0.39 is 23.2 Å². The second-order valence-corrected chi connectivity index (χ2v) is 7.15. The van der Waals surface area contributed by atoms with Crippen LogP contribution < -0.4 is 5.56 Å². The van der Waals surface area contributed by atoms with Gasteiger partial charge in [0.1, 0.15) is 17.3 Å². The minimum absolute atomic E-state index is 0.0501. The molecule has 0 radical (unpaired) electrons. The molecule has 0 bridgehead atoms. The minimum Gasteiger partial charge on any atom is -0.462 e. The van der Waals surface area contributed by atoms with E-state index in [4.69, 9.17) is 10.00 Å². The first-order chi connectivity index (χ1) is 15.9. The number of nitrogens with zero attached hydrogens (tertiary/aromatic N) is 3. The van der Waals surface area contributed by atoms with E-state index in [0.29, 0.717) is 23.2 Å². The molecule has 0 spiro atoms. The van der Waals surface area contributed by atoms with Crippen LogP contribution >= 0.6 is 0 Å². The van der Waals surface area contributed by atoms with Crippen LogP contribution in [0.2, 0.25) is 0 Å². The number of halogens is 2. The van der Waals surface area contributed by atoms with Crippen LogP contribution in [0, 0.1) is 23.0 Å². The summed E-state index contributed by atoms with van der Waals surface area (Å²) in [6.07, 6.45) is 0.349. The molecule has 2 aromatic heterocycles. The lowest BCUT2D eigenvalue weighted by atomic mass is 10.0. The molecular weight excluding hydrogens is 430 g/mol. The molecule has 0 aliphatic rings. The zero-order valence-electron chi connectivity index (χ0n) is 17.8. The second kappa shape index (κ2) is 8.67. The van der Waals surface area contributed by atoms with E-state index >= 15 is 0 Å². The molecule has 0 atom stereocenters. The maximum absolute atomic E-state index is 14.7. The fraction of sp³-hybridized carbons (Fsp3) is 0.167. The first-order valence-corrected chi connectivity index (χ1v) is 10.2. The summed E-state index contributed by atoms with van der Waals surface area (Å²) < 4.78 is 34.3. The number of carbonyl (C=O) groups excluding carboxylic acids is 1. The maximum Gasteiger partial charge on any atom is 0.346 e. The lowest BCUT2D eigenvalue weighted by Gasteiger charge is -2.11. The number of rotatable bonds is 5. The standard InChI is InChI=1S/C24H18F2N4O3/c1-3-18-19(16-10-9-15(25)11-17(16)26)22-28-21(14-7-5-13(12-27)6-8-14)20(24(32)33-4-2)23(31)30(22)29-18/h5-11,28H,3-4H2,1-2H3. The Kier molecular flexibility index (Phi) is 5.75.